The van der Waals surface area contributed by atoms with Gasteiger partial charge in [0.2, 0.25) is 0 Å². The predicted octanol–water partition coefficient (Wildman–Crippen LogP) is 5.38. The maximum Gasteiger partial charge on any atom is 0.272 e. The Hall–Kier alpha value is -2.18. The molecule has 0 spiro atoms. The molecule has 0 atom stereocenters. The first-order chi connectivity index (χ1) is 12.5. The number of hydrogen-bond donors (Lipinski definition) is 1. The molecule has 0 unspecified atom stereocenters. The van der Waals surface area contributed by atoms with E-state index in [2.05, 4.69) is 59.1 Å². The second kappa shape index (κ2) is 8.01. The fourth-order valence-electron chi connectivity index (χ4n) is 2.80. The van der Waals surface area contributed by atoms with Crippen molar-refractivity contribution in [1.82, 2.24) is 9.99 Å². The van der Waals surface area contributed by atoms with Crippen LogP contribution in [0.4, 0.5) is 0 Å². The molecular weight excluding hydrogens is 458 g/mol. The number of nitrogens with zero attached hydrogens (tertiary/aromatic N) is 2. The highest BCUT2D eigenvalue weighted by atomic mass is 79.9. The summed E-state index contributed by atoms with van der Waals surface area (Å²) in [5.74, 6) is -0.262. The highest BCUT2D eigenvalue weighted by Crippen LogP contribution is 2.29. The van der Waals surface area contributed by atoms with E-state index in [4.69, 9.17) is 0 Å². The fourth-order valence-corrected chi connectivity index (χ4v) is 3.83. The van der Waals surface area contributed by atoms with E-state index in [-0.39, 0.29) is 5.91 Å². The molecule has 1 N–H and O–H groups in total. The van der Waals surface area contributed by atoms with E-state index in [0.29, 0.717) is 5.56 Å². The smallest absolute Gasteiger partial charge is 0.272 e. The number of amides is 1. The first-order valence-corrected chi connectivity index (χ1v) is 9.60. The zero-order chi connectivity index (χ0) is 18.7. The van der Waals surface area contributed by atoms with Crippen LogP contribution < -0.4 is 5.43 Å². The Morgan fingerprint density at radius 2 is 1.65 bits per heavy atom. The standard InChI is InChI=1S/C20H17Br2N3O/c1-13-17(12-23-24-20(26)16-10-6-7-11-18(16)21)19(22)14(2)25(13)15-8-4-3-5-9-15/h3-12H,1-2H3,(H,24,26)/b23-12-. The molecule has 132 valence electrons. The Kier molecular flexibility index (Phi) is 5.74. The van der Waals surface area contributed by atoms with E-state index in [9.17, 15) is 4.79 Å². The van der Waals surface area contributed by atoms with Gasteiger partial charge in [0.05, 0.1) is 11.8 Å². The molecule has 0 aliphatic heterocycles. The van der Waals surface area contributed by atoms with Crippen LogP contribution in [-0.4, -0.2) is 16.7 Å². The number of hydrazone groups is 1. The normalized spacial score (nSPS) is 11.1. The molecule has 0 bridgehead atoms. The third-order valence-electron chi connectivity index (χ3n) is 4.11. The monoisotopic (exact) mass is 473 g/mol. The van der Waals surface area contributed by atoms with Gasteiger partial charge in [-0.3, -0.25) is 4.79 Å². The van der Waals surface area contributed by atoms with Crippen molar-refractivity contribution in [3.05, 3.63) is 86.1 Å². The van der Waals surface area contributed by atoms with Crippen LogP contribution in [0.15, 0.2) is 68.6 Å². The minimum absolute atomic E-state index is 0.262. The van der Waals surface area contributed by atoms with E-state index in [1.54, 1.807) is 12.3 Å². The molecule has 6 heteroatoms. The van der Waals surface area contributed by atoms with Crippen molar-refractivity contribution in [1.29, 1.82) is 0 Å². The molecule has 3 aromatic rings. The Bertz CT molecular complexity index is 978. The summed E-state index contributed by atoms with van der Waals surface area (Å²) in [5.41, 5.74) is 7.25. The molecule has 2 aromatic carbocycles. The summed E-state index contributed by atoms with van der Waals surface area (Å²) in [6, 6.07) is 17.4. The molecule has 0 radical (unpaired) electrons. The van der Waals surface area contributed by atoms with E-state index < -0.39 is 0 Å². The predicted molar refractivity (Wildman–Crippen MR) is 112 cm³/mol. The summed E-state index contributed by atoms with van der Waals surface area (Å²) < 4.78 is 3.84. The highest BCUT2D eigenvalue weighted by Gasteiger charge is 2.15. The van der Waals surface area contributed by atoms with Crippen LogP contribution in [0.2, 0.25) is 0 Å². The third-order valence-corrected chi connectivity index (χ3v) is 5.80. The summed E-state index contributed by atoms with van der Waals surface area (Å²) in [6.07, 6.45) is 1.67. The molecule has 26 heavy (non-hydrogen) atoms. The molecular formula is C20H17Br2N3O. The van der Waals surface area contributed by atoms with Gasteiger partial charge >= 0.3 is 0 Å². The largest absolute Gasteiger partial charge is 0.317 e. The van der Waals surface area contributed by atoms with Crippen molar-refractivity contribution < 1.29 is 4.79 Å². The van der Waals surface area contributed by atoms with Crippen LogP contribution >= 0.6 is 31.9 Å². The Morgan fingerprint density at radius 3 is 2.35 bits per heavy atom. The minimum Gasteiger partial charge on any atom is -0.317 e. The van der Waals surface area contributed by atoms with E-state index in [1.165, 1.54) is 0 Å². The van der Waals surface area contributed by atoms with Gasteiger partial charge in [-0.1, -0.05) is 30.3 Å². The summed E-state index contributed by atoms with van der Waals surface area (Å²) in [4.78, 5) is 12.2. The topological polar surface area (TPSA) is 46.4 Å². The summed E-state index contributed by atoms with van der Waals surface area (Å²) in [7, 11) is 0. The molecule has 1 aromatic heterocycles. The van der Waals surface area contributed by atoms with Crippen molar-refractivity contribution >= 4 is 44.0 Å². The highest BCUT2D eigenvalue weighted by molar-refractivity contribution is 9.10. The second-order valence-electron chi connectivity index (χ2n) is 5.75. The maximum atomic E-state index is 12.2. The number of carbonyl (C=O) groups excluding carboxylic acids is 1. The Balaban J connectivity index is 1.86. The Morgan fingerprint density at radius 1 is 1.00 bits per heavy atom. The van der Waals surface area contributed by atoms with Crippen molar-refractivity contribution in [3.8, 4) is 5.69 Å². The maximum absolute atomic E-state index is 12.2. The van der Waals surface area contributed by atoms with Gasteiger partial charge in [-0.25, -0.2) is 5.43 Å². The quantitative estimate of drug-likeness (QED) is 0.400. The number of rotatable bonds is 4. The SMILES string of the molecule is Cc1c(Br)c(/C=N\NC(=O)c2ccccc2Br)c(C)n1-c1ccccc1. The molecule has 3 rings (SSSR count). The lowest BCUT2D eigenvalue weighted by atomic mass is 10.2. The average molecular weight is 475 g/mol. The van der Waals surface area contributed by atoms with Crippen LogP contribution in [0.5, 0.6) is 0 Å². The molecule has 1 heterocycles. The van der Waals surface area contributed by atoms with Crippen LogP contribution in [0.1, 0.15) is 27.3 Å². The van der Waals surface area contributed by atoms with E-state index >= 15 is 0 Å². The van der Waals surface area contributed by atoms with Crippen LogP contribution in [0.3, 0.4) is 0 Å². The lowest BCUT2D eigenvalue weighted by molar-refractivity contribution is 0.0954. The molecule has 1 amide bonds. The number of para-hydroxylation sites is 1. The zero-order valence-electron chi connectivity index (χ0n) is 14.3. The van der Waals surface area contributed by atoms with Crippen LogP contribution in [0.25, 0.3) is 5.69 Å². The number of hydrogen-bond acceptors (Lipinski definition) is 2. The second-order valence-corrected chi connectivity index (χ2v) is 7.40. The van der Waals surface area contributed by atoms with Gasteiger partial charge in [0, 0.05) is 31.6 Å². The number of aromatic nitrogens is 1. The lowest BCUT2D eigenvalue weighted by Gasteiger charge is -2.08. The van der Waals surface area contributed by atoms with Gasteiger partial charge in [0.25, 0.3) is 5.91 Å². The molecule has 0 fully saturated rings. The van der Waals surface area contributed by atoms with Crippen molar-refractivity contribution in [2.45, 2.75) is 13.8 Å². The first-order valence-electron chi connectivity index (χ1n) is 8.01. The Labute approximate surface area is 169 Å². The van der Waals surface area contributed by atoms with E-state index in [1.807, 2.05) is 50.2 Å². The van der Waals surface area contributed by atoms with Crippen LogP contribution in [-0.2, 0) is 0 Å². The molecule has 0 aliphatic carbocycles. The number of nitrogens with one attached hydrogen (secondary N) is 1. The molecule has 0 aliphatic rings. The zero-order valence-corrected chi connectivity index (χ0v) is 17.5. The molecule has 0 saturated carbocycles. The number of benzene rings is 2. The summed E-state index contributed by atoms with van der Waals surface area (Å²) in [5, 5.41) is 4.14. The third kappa shape index (κ3) is 3.66. The number of halogens is 2. The van der Waals surface area contributed by atoms with Gasteiger partial charge in [-0.05, 0) is 70.0 Å². The minimum atomic E-state index is -0.262. The van der Waals surface area contributed by atoms with Gasteiger partial charge < -0.3 is 4.57 Å². The van der Waals surface area contributed by atoms with Gasteiger partial charge in [0.1, 0.15) is 0 Å². The summed E-state index contributed by atoms with van der Waals surface area (Å²) in [6.45, 7) is 4.07. The van der Waals surface area contributed by atoms with Gasteiger partial charge in [-0.15, -0.1) is 0 Å². The average Bonchev–Trinajstić information content (AvgIpc) is 2.86. The molecule has 0 saturated heterocycles. The van der Waals surface area contributed by atoms with Gasteiger partial charge in [-0.2, -0.15) is 5.10 Å². The van der Waals surface area contributed by atoms with Crippen LogP contribution in [0, 0.1) is 13.8 Å². The molecule has 4 nitrogen and oxygen atoms in total. The summed E-state index contributed by atoms with van der Waals surface area (Å²) >= 11 is 7.01. The van der Waals surface area contributed by atoms with Gasteiger partial charge in [0.15, 0.2) is 0 Å². The fraction of sp³-hybridized carbons (Fsp3) is 0.100. The lowest BCUT2D eigenvalue weighted by Crippen LogP contribution is -2.18. The van der Waals surface area contributed by atoms with Crippen molar-refractivity contribution in [2.24, 2.45) is 5.10 Å². The first kappa shape index (κ1) is 18.6. The van der Waals surface area contributed by atoms with Crippen molar-refractivity contribution in [2.75, 3.05) is 0 Å². The van der Waals surface area contributed by atoms with Crippen molar-refractivity contribution in [3.63, 3.8) is 0 Å². The number of carbonyl (C=O) groups is 1. The van der Waals surface area contributed by atoms with E-state index in [0.717, 1.165) is 31.6 Å².